The second-order valence-electron chi connectivity index (χ2n) is 8.55. The number of rotatable bonds is 7. The number of hydrogen-bond acceptors (Lipinski definition) is 5. The highest BCUT2D eigenvalue weighted by atomic mass is 16.5. The molecule has 2 aromatic rings. The predicted octanol–water partition coefficient (Wildman–Crippen LogP) is 4.13. The molecule has 6 nitrogen and oxygen atoms in total. The van der Waals surface area contributed by atoms with E-state index in [9.17, 15) is 4.79 Å². The minimum atomic E-state index is -0.0529. The van der Waals surface area contributed by atoms with Gasteiger partial charge in [-0.25, -0.2) is 0 Å². The second kappa shape index (κ2) is 9.44. The van der Waals surface area contributed by atoms with Gasteiger partial charge in [0.05, 0.1) is 25.3 Å². The van der Waals surface area contributed by atoms with E-state index in [-0.39, 0.29) is 11.8 Å². The molecular weight excluding hydrogens is 366 g/mol. The van der Waals surface area contributed by atoms with E-state index in [1.807, 2.05) is 24.8 Å². The summed E-state index contributed by atoms with van der Waals surface area (Å²) in [5.74, 6) is 1.24. The summed E-state index contributed by atoms with van der Waals surface area (Å²) in [5.41, 5.74) is 3.99. The summed E-state index contributed by atoms with van der Waals surface area (Å²) in [6, 6.07) is 8.26. The molecule has 0 atom stereocenters. The zero-order valence-corrected chi connectivity index (χ0v) is 18.3. The zero-order valence-electron chi connectivity index (χ0n) is 18.3. The van der Waals surface area contributed by atoms with Crippen molar-refractivity contribution in [3.8, 4) is 11.3 Å². The Hall–Kier alpha value is -2.34. The van der Waals surface area contributed by atoms with Gasteiger partial charge in [-0.3, -0.25) is 4.79 Å². The number of morpholine rings is 1. The van der Waals surface area contributed by atoms with Crippen molar-refractivity contribution in [3.05, 3.63) is 35.4 Å². The van der Waals surface area contributed by atoms with Crippen LogP contribution in [0.25, 0.3) is 11.3 Å². The lowest BCUT2D eigenvalue weighted by Gasteiger charge is -2.29. The number of nitrogens with zero attached hydrogens (tertiary/aromatic N) is 3. The van der Waals surface area contributed by atoms with Crippen molar-refractivity contribution in [2.24, 2.45) is 11.8 Å². The minimum absolute atomic E-state index is 0.0529. The second-order valence-corrected chi connectivity index (χ2v) is 8.55. The van der Waals surface area contributed by atoms with Gasteiger partial charge in [0, 0.05) is 31.1 Å². The molecule has 1 aromatic carbocycles. The van der Waals surface area contributed by atoms with E-state index < -0.39 is 0 Å². The van der Waals surface area contributed by atoms with E-state index in [4.69, 9.17) is 9.26 Å². The number of carbonyl (C=O) groups is 1. The van der Waals surface area contributed by atoms with E-state index >= 15 is 0 Å². The van der Waals surface area contributed by atoms with Crippen LogP contribution in [0.15, 0.2) is 28.8 Å². The molecule has 0 saturated carbocycles. The molecule has 3 rings (SSSR count). The van der Waals surface area contributed by atoms with Gasteiger partial charge in [-0.05, 0) is 18.9 Å². The molecule has 1 aliphatic rings. The van der Waals surface area contributed by atoms with E-state index in [2.05, 4.69) is 49.0 Å². The van der Waals surface area contributed by atoms with Gasteiger partial charge in [0.15, 0.2) is 0 Å². The summed E-state index contributed by atoms with van der Waals surface area (Å²) in [6.45, 7) is 14.3. The molecule has 0 unspecified atom stereocenters. The maximum absolute atomic E-state index is 12.9. The lowest BCUT2D eigenvalue weighted by atomic mass is 10.0. The van der Waals surface area contributed by atoms with E-state index in [1.54, 1.807) is 0 Å². The first-order valence-corrected chi connectivity index (χ1v) is 10.5. The largest absolute Gasteiger partial charge is 0.378 e. The molecule has 0 N–H and O–H groups in total. The SMILES string of the molecule is Cc1cccc(-c2noc(N3CCOCC3)c2CN(CC(C)C)C(=O)C(C)C)c1. The van der Waals surface area contributed by atoms with Crippen molar-refractivity contribution in [3.63, 3.8) is 0 Å². The predicted molar refractivity (Wildman–Crippen MR) is 115 cm³/mol. The molecule has 1 aromatic heterocycles. The smallest absolute Gasteiger partial charge is 0.233 e. The molecule has 0 aliphatic carbocycles. The molecular formula is C23H33N3O3. The minimum Gasteiger partial charge on any atom is -0.378 e. The van der Waals surface area contributed by atoms with Crippen LogP contribution in [0.1, 0.15) is 38.8 Å². The van der Waals surface area contributed by atoms with Gasteiger partial charge in [0.25, 0.3) is 0 Å². The molecule has 1 saturated heterocycles. The lowest BCUT2D eigenvalue weighted by Crippen LogP contribution is -2.39. The van der Waals surface area contributed by atoms with Gasteiger partial charge in [-0.15, -0.1) is 0 Å². The third-order valence-corrected chi connectivity index (χ3v) is 5.10. The highest BCUT2D eigenvalue weighted by Gasteiger charge is 2.28. The summed E-state index contributed by atoms with van der Waals surface area (Å²) in [7, 11) is 0. The Morgan fingerprint density at radius 1 is 1.21 bits per heavy atom. The molecule has 1 aliphatic heterocycles. The average Bonchev–Trinajstić information content (AvgIpc) is 3.10. The Labute approximate surface area is 173 Å². The summed E-state index contributed by atoms with van der Waals surface area (Å²) in [6.07, 6.45) is 0. The van der Waals surface area contributed by atoms with Gasteiger partial charge in [-0.2, -0.15) is 0 Å². The summed E-state index contributed by atoms with van der Waals surface area (Å²) >= 11 is 0. The van der Waals surface area contributed by atoms with E-state index in [1.165, 1.54) is 5.56 Å². The molecule has 2 heterocycles. The van der Waals surface area contributed by atoms with Crippen LogP contribution in [0, 0.1) is 18.8 Å². The van der Waals surface area contributed by atoms with Crippen LogP contribution in [-0.2, 0) is 16.1 Å². The Morgan fingerprint density at radius 3 is 2.55 bits per heavy atom. The molecule has 29 heavy (non-hydrogen) atoms. The van der Waals surface area contributed by atoms with Crippen LogP contribution < -0.4 is 4.90 Å². The van der Waals surface area contributed by atoms with Crippen LogP contribution in [-0.4, -0.2) is 48.8 Å². The van der Waals surface area contributed by atoms with Crippen LogP contribution in [0.4, 0.5) is 5.88 Å². The first-order valence-electron chi connectivity index (χ1n) is 10.5. The van der Waals surface area contributed by atoms with Gasteiger partial charge >= 0.3 is 0 Å². The van der Waals surface area contributed by atoms with Gasteiger partial charge in [0.2, 0.25) is 11.8 Å². The normalized spacial score (nSPS) is 14.7. The number of aromatic nitrogens is 1. The van der Waals surface area contributed by atoms with Gasteiger partial charge in [0.1, 0.15) is 5.69 Å². The lowest BCUT2D eigenvalue weighted by molar-refractivity contribution is -0.135. The first-order chi connectivity index (χ1) is 13.9. The van der Waals surface area contributed by atoms with Crippen molar-refractivity contribution in [2.45, 2.75) is 41.2 Å². The highest BCUT2D eigenvalue weighted by Crippen LogP contribution is 2.33. The van der Waals surface area contributed by atoms with Gasteiger partial charge in [-0.1, -0.05) is 56.6 Å². The number of benzene rings is 1. The number of ether oxygens (including phenoxy) is 1. The van der Waals surface area contributed by atoms with Crippen LogP contribution >= 0.6 is 0 Å². The quantitative estimate of drug-likeness (QED) is 0.701. The van der Waals surface area contributed by atoms with E-state index in [0.717, 1.165) is 35.8 Å². The van der Waals surface area contributed by atoms with Crippen molar-refractivity contribution in [2.75, 3.05) is 37.7 Å². The molecule has 0 radical (unpaired) electrons. The Kier molecular flexibility index (Phi) is 6.96. The monoisotopic (exact) mass is 399 g/mol. The van der Waals surface area contributed by atoms with Crippen molar-refractivity contribution < 1.29 is 14.1 Å². The van der Waals surface area contributed by atoms with Crippen molar-refractivity contribution in [1.82, 2.24) is 10.1 Å². The number of amides is 1. The van der Waals surface area contributed by atoms with E-state index in [0.29, 0.717) is 32.2 Å². The van der Waals surface area contributed by atoms with Gasteiger partial charge < -0.3 is 19.1 Å². The van der Waals surface area contributed by atoms with Crippen LogP contribution in [0.3, 0.4) is 0 Å². The summed E-state index contributed by atoms with van der Waals surface area (Å²) in [4.78, 5) is 17.1. The summed E-state index contributed by atoms with van der Waals surface area (Å²) in [5, 5.41) is 4.44. The maximum Gasteiger partial charge on any atom is 0.233 e. The maximum atomic E-state index is 12.9. The Morgan fingerprint density at radius 2 is 1.93 bits per heavy atom. The third kappa shape index (κ3) is 5.18. The Bertz CT molecular complexity index is 823. The molecule has 0 bridgehead atoms. The fourth-order valence-electron chi connectivity index (χ4n) is 3.71. The highest BCUT2D eigenvalue weighted by molar-refractivity contribution is 5.79. The number of aryl methyl sites for hydroxylation is 1. The standard InChI is InChI=1S/C23H33N3O3/c1-16(2)14-26(22(27)17(3)4)15-20-21(19-8-6-7-18(5)13-19)24-29-23(20)25-9-11-28-12-10-25/h6-8,13,16-17H,9-12,14-15H2,1-5H3. The molecule has 158 valence electrons. The zero-order chi connectivity index (χ0) is 21.0. The topological polar surface area (TPSA) is 58.8 Å². The molecule has 1 fully saturated rings. The Balaban J connectivity index is 2.02. The van der Waals surface area contributed by atoms with Crippen molar-refractivity contribution >= 4 is 11.8 Å². The first kappa shape index (κ1) is 21.4. The number of anilines is 1. The average molecular weight is 400 g/mol. The number of hydrogen-bond donors (Lipinski definition) is 0. The summed E-state index contributed by atoms with van der Waals surface area (Å²) < 4.78 is 11.4. The van der Waals surface area contributed by atoms with Crippen LogP contribution in [0.5, 0.6) is 0 Å². The number of carbonyl (C=O) groups excluding carboxylic acids is 1. The van der Waals surface area contributed by atoms with Crippen LogP contribution in [0.2, 0.25) is 0 Å². The molecule has 6 heteroatoms. The van der Waals surface area contributed by atoms with Crippen molar-refractivity contribution in [1.29, 1.82) is 0 Å². The third-order valence-electron chi connectivity index (χ3n) is 5.10. The molecule has 1 amide bonds. The fourth-order valence-corrected chi connectivity index (χ4v) is 3.71. The molecule has 0 spiro atoms. The fraction of sp³-hybridized carbons (Fsp3) is 0.565.